The van der Waals surface area contributed by atoms with Gasteiger partial charge in [0.25, 0.3) is 5.91 Å². The van der Waals surface area contributed by atoms with Crippen molar-refractivity contribution in [2.24, 2.45) is 0 Å². The molecule has 0 radical (unpaired) electrons. The number of H-pyrrole nitrogens is 1. The molecular weight excluding hydrogens is 444 g/mol. The molecule has 8 nitrogen and oxygen atoms in total. The van der Waals surface area contributed by atoms with E-state index in [9.17, 15) is 4.79 Å². The largest absolute Gasteiger partial charge is 0.493 e. The average Bonchev–Trinajstić information content (AvgIpc) is 3.49. The highest BCUT2D eigenvalue weighted by Gasteiger charge is 2.48. The van der Waals surface area contributed by atoms with Gasteiger partial charge in [-0.1, -0.05) is 17.7 Å². The Morgan fingerprint density at radius 2 is 2.15 bits per heavy atom. The molecule has 1 amide bonds. The number of para-hydroxylation sites is 1. The lowest BCUT2D eigenvalue weighted by Crippen LogP contribution is -2.31. The van der Waals surface area contributed by atoms with Crippen LogP contribution in [0.25, 0.3) is 11.3 Å². The van der Waals surface area contributed by atoms with E-state index in [0.717, 1.165) is 23.4 Å². The lowest BCUT2D eigenvalue weighted by atomic mass is 10.0. The predicted molar refractivity (Wildman–Crippen MR) is 126 cm³/mol. The number of carbonyl (C=O) groups excluding carboxylic acids is 1. The van der Waals surface area contributed by atoms with Crippen LogP contribution in [0.15, 0.2) is 36.7 Å². The lowest BCUT2D eigenvalue weighted by molar-refractivity contribution is 0.0717. The second-order valence-corrected chi connectivity index (χ2v) is 8.67. The summed E-state index contributed by atoms with van der Waals surface area (Å²) in [6.45, 7) is 2.30. The molecule has 33 heavy (non-hydrogen) atoms. The normalized spacial score (nSPS) is 19.2. The Bertz CT molecular complexity index is 1210. The van der Waals surface area contributed by atoms with Crippen LogP contribution in [-0.2, 0) is 4.74 Å². The van der Waals surface area contributed by atoms with Crippen molar-refractivity contribution in [3.63, 3.8) is 0 Å². The fraction of sp³-hybridized carbons (Fsp3) is 0.333. The first kappa shape index (κ1) is 21.6. The number of aromatic amines is 1. The van der Waals surface area contributed by atoms with Gasteiger partial charge in [0.15, 0.2) is 5.75 Å². The Morgan fingerprint density at radius 3 is 2.94 bits per heavy atom. The molecule has 1 aromatic carbocycles. The van der Waals surface area contributed by atoms with Crippen molar-refractivity contribution in [1.29, 1.82) is 0 Å². The summed E-state index contributed by atoms with van der Waals surface area (Å²) in [5.74, 6) is 1.25. The van der Waals surface area contributed by atoms with Gasteiger partial charge in [-0.25, -0.2) is 0 Å². The van der Waals surface area contributed by atoms with Crippen LogP contribution in [0.3, 0.4) is 0 Å². The summed E-state index contributed by atoms with van der Waals surface area (Å²) in [5.41, 5.74) is 4.35. The number of halogens is 1. The summed E-state index contributed by atoms with van der Waals surface area (Å²) < 4.78 is 16.9. The lowest BCUT2D eigenvalue weighted by Gasteiger charge is -2.18. The van der Waals surface area contributed by atoms with E-state index in [4.69, 9.17) is 25.8 Å². The average molecular weight is 469 g/mol. The van der Waals surface area contributed by atoms with Gasteiger partial charge in [-0.15, -0.1) is 0 Å². The number of methoxy groups -OCH3 is 2. The van der Waals surface area contributed by atoms with Gasteiger partial charge in [0, 0.05) is 36.5 Å². The topological polar surface area (TPSA) is 97.5 Å². The van der Waals surface area contributed by atoms with Crippen molar-refractivity contribution in [2.75, 3.05) is 26.1 Å². The Hall–Kier alpha value is -3.23. The fourth-order valence-corrected chi connectivity index (χ4v) is 4.45. The standard InChI is InChI=1S/C24H25ClN4O4/c1-12(31-2)11-33-18-10-26-8-7-13(18)21-22(27-16-6-4-5-15(25)23(16)32-3)19-20(29-21)14-9-17(14)28-24(19)30/h4-8,10,12,14,17,27,29H,9,11H2,1-3H3,(H,28,30). The van der Waals surface area contributed by atoms with Crippen molar-refractivity contribution >= 4 is 28.9 Å². The van der Waals surface area contributed by atoms with E-state index in [0.29, 0.717) is 40.1 Å². The summed E-state index contributed by atoms with van der Waals surface area (Å²) in [6, 6.07) is 7.49. The molecule has 9 heteroatoms. The number of hydrogen-bond donors (Lipinski definition) is 3. The van der Waals surface area contributed by atoms with E-state index in [2.05, 4.69) is 20.6 Å². The van der Waals surface area contributed by atoms with Gasteiger partial charge in [0.2, 0.25) is 0 Å². The van der Waals surface area contributed by atoms with Gasteiger partial charge in [0.05, 0.1) is 47.1 Å². The van der Waals surface area contributed by atoms with Crippen molar-refractivity contribution in [1.82, 2.24) is 15.3 Å². The number of fused-ring (bicyclic) bond motifs is 3. The maximum absolute atomic E-state index is 13.0. The zero-order valence-electron chi connectivity index (χ0n) is 18.6. The summed E-state index contributed by atoms with van der Waals surface area (Å²) in [5, 5.41) is 6.97. The summed E-state index contributed by atoms with van der Waals surface area (Å²) in [7, 11) is 3.20. The third kappa shape index (κ3) is 3.89. The molecule has 1 saturated carbocycles. The fourth-order valence-electron chi connectivity index (χ4n) is 4.20. The molecule has 3 aromatic rings. The first-order valence-electron chi connectivity index (χ1n) is 10.8. The molecule has 2 aromatic heterocycles. The zero-order chi connectivity index (χ0) is 23.1. The van der Waals surface area contributed by atoms with Gasteiger partial charge < -0.3 is 29.8 Å². The number of benzene rings is 1. The first-order chi connectivity index (χ1) is 16.0. The number of rotatable bonds is 8. The SMILES string of the molecule is COc1c(Cl)cccc1Nc1c(-c2ccncc2OCC(C)OC)[nH]c2c1C(=O)NC1CC21. The molecular formula is C24H25ClN4O4. The molecule has 172 valence electrons. The highest BCUT2D eigenvalue weighted by Crippen LogP contribution is 2.51. The first-order valence-corrected chi connectivity index (χ1v) is 11.2. The summed E-state index contributed by atoms with van der Waals surface area (Å²) in [6.07, 6.45) is 4.21. The Balaban J connectivity index is 1.63. The van der Waals surface area contributed by atoms with Crippen molar-refractivity contribution in [3.8, 4) is 22.8 Å². The van der Waals surface area contributed by atoms with Crippen LogP contribution >= 0.6 is 11.6 Å². The van der Waals surface area contributed by atoms with Gasteiger partial charge in [-0.05, 0) is 31.5 Å². The van der Waals surface area contributed by atoms with E-state index in [1.165, 1.54) is 0 Å². The molecule has 1 aliphatic heterocycles. The van der Waals surface area contributed by atoms with E-state index in [-0.39, 0.29) is 24.0 Å². The summed E-state index contributed by atoms with van der Waals surface area (Å²) >= 11 is 6.35. The van der Waals surface area contributed by atoms with E-state index in [1.54, 1.807) is 32.7 Å². The molecule has 3 N–H and O–H groups in total. The number of hydrogen-bond acceptors (Lipinski definition) is 6. The molecule has 3 atom stereocenters. The second-order valence-electron chi connectivity index (χ2n) is 8.26. The van der Waals surface area contributed by atoms with Gasteiger partial charge in [0.1, 0.15) is 12.4 Å². The van der Waals surface area contributed by atoms with Crippen LogP contribution in [-0.4, -0.2) is 48.8 Å². The van der Waals surface area contributed by atoms with Gasteiger partial charge in [-0.2, -0.15) is 0 Å². The maximum atomic E-state index is 13.0. The van der Waals surface area contributed by atoms with Crippen molar-refractivity contribution in [3.05, 3.63) is 52.9 Å². The quantitative estimate of drug-likeness (QED) is 0.450. The molecule has 0 spiro atoms. The molecule has 1 aliphatic carbocycles. The minimum absolute atomic E-state index is 0.0822. The van der Waals surface area contributed by atoms with Gasteiger partial charge in [-0.3, -0.25) is 9.78 Å². The van der Waals surface area contributed by atoms with Crippen LogP contribution in [0.1, 0.15) is 35.3 Å². The van der Waals surface area contributed by atoms with E-state index in [1.807, 2.05) is 25.1 Å². The molecule has 0 bridgehead atoms. The Kier molecular flexibility index (Phi) is 5.64. The number of nitrogens with zero attached hydrogens (tertiary/aromatic N) is 1. The second kappa shape index (κ2) is 8.61. The van der Waals surface area contributed by atoms with Crippen LogP contribution in [0.2, 0.25) is 5.02 Å². The van der Waals surface area contributed by atoms with E-state index < -0.39 is 0 Å². The van der Waals surface area contributed by atoms with Crippen molar-refractivity contribution < 1.29 is 19.0 Å². The van der Waals surface area contributed by atoms with Crippen LogP contribution in [0.5, 0.6) is 11.5 Å². The number of amides is 1. The molecule has 1 fully saturated rings. The summed E-state index contributed by atoms with van der Waals surface area (Å²) in [4.78, 5) is 20.8. The van der Waals surface area contributed by atoms with Crippen LogP contribution < -0.4 is 20.1 Å². The minimum Gasteiger partial charge on any atom is -0.493 e. The number of anilines is 2. The molecule has 3 heterocycles. The number of carbonyl (C=O) groups is 1. The smallest absolute Gasteiger partial charge is 0.255 e. The third-order valence-electron chi connectivity index (χ3n) is 6.09. The van der Waals surface area contributed by atoms with Crippen LogP contribution in [0.4, 0.5) is 11.4 Å². The highest BCUT2D eigenvalue weighted by molar-refractivity contribution is 6.32. The van der Waals surface area contributed by atoms with Crippen LogP contribution in [0, 0.1) is 0 Å². The Labute approximate surface area is 196 Å². The maximum Gasteiger partial charge on any atom is 0.255 e. The zero-order valence-corrected chi connectivity index (χ0v) is 19.3. The third-order valence-corrected chi connectivity index (χ3v) is 6.39. The van der Waals surface area contributed by atoms with E-state index >= 15 is 0 Å². The minimum atomic E-state index is -0.112. The Morgan fingerprint density at radius 1 is 1.30 bits per heavy atom. The van der Waals surface area contributed by atoms with Gasteiger partial charge >= 0.3 is 0 Å². The highest BCUT2D eigenvalue weighted by atomic mass is 35.5. The number of pyridine rings is 1. The molecule has 5 rings (SSSR count). The monoisotopic (exact) mass is 468 g/mol. The molecule has 3 unspecified atom stereocenters. The number of nitrogens with one attached hydrogen (secondary N) is 3. The molecule has 0 saturated heterocycles. The predicted octanol–water partition coefficient (Wildman–Crippen LogP) is 4.50. The molecule has 2 aliphatic rings. The number of ether oxygens (including phenoxy) is 3. The number of aromatic nitrogens is 2. The van der Waals surface area contributed by atoms with Crippen molar-refractivity contribution in [2.45, 2.75) is 31.4 Å².